The standard InChI is InChI=1S/C13H12F3NO/c14-13(15,16)6-2-7-17-8-5-10-3-1-4-11(9-18)12(10)17/h1,3-5,8-9H,2,6-7H2. The summed E-state index contributed by atoms with van der Waals surface area (Å²) in [6.45, 7) is 0.258. The third-order valence-electron chi connectivity index (χ3n) is 2.81. The number of aryl methyl sites for hydroxylation is 1. The van der Waals surface area contributed by atoms with Gasteiger partial charge in [0.25, 0.3) is 0 Å². The van der Waals surface area contributed by atoms with E-state index < -0.39 is 12.6 Å². The Morgan fingerprint density at radius 3 is 2.67 bits per heavy atom. The normalized spacial score (nSPS) is 11.9. The van der Waals surface area contributed by atoms with Crippen molar-refractivity contribution in [3.8, 4) is 0 Å². The Hall–Kier alpha value is -1.78. The van der Waals surface area contributed by atoms with Gasteiger partial charge in [-0.25, -0.2) is 0 Å². The van der Waals surface area contributed by atoms with E-state index in [0.717, 1.165) is 11.7 Å². The summed E-state index contributed by atoms with van der Waals surface area (Å²) in [4.78, 5) is 10.9. The van der Waals surface area contributed by atoms with E-state index in [9.17, 15) is 18.0 Å². The van der Waals surface area contributed by atoms with E-state index in [-0.39, 0.29) is 13.0 Å². The molecule has 0 amide bonds. The molecule has 0 radical (unpaired) electrons. The number of fused-ring (bicyclic) bond motifs is 1. The lowest BCUT2D eigenvalue weighted by molar-refractivity contribution is -0.135. The van der Waals surface area contributed by atoms with E-state index in [1.54, 1.807) is 29.0 Å². The van der Waals surface area contributed by atoms with E-state index >= 15 is 0 Å². The minimum absolute atomic E-state index is 0.0144. The summed E-state index contributed by atoms with van der Waals surface area (Å²) >= 11 is 0. The molecule has 5 heteroatoms. The Morgan fingerprint density at radius 1 is 1.22 bits per heavy atom. The average molecular weight is 255 g/mol. The molecule has 0 N–H and O–H groups in total. The molecule has 0 aliphatic rings. The van der Waals surface area contributed by atoms with Crippen LogP contribution < -0.4 is 0 Å². The molecule has 2 rings (SSSR count). The number of para-hydroxylation sites is 1. The number of hydrogen-bond donors (Lipinski definition) is 0. The number of hydrogen-bond acceptors (Lipinski definition) is 1. The van der Waals surface area contributed by atoms with Crippen LogP contribution >= 0.6 is 0 Å². The molecule has 1 aromatic carbocycles. The topological polar surface area (TPSA) is 22.0 Å². The largest absolute Gasteiger partial charge is 0.389 e. The van der Waals surface area contributed by atoms with Crippen LogP contribution in [0.2, 0.25) is 0 Å². The Bertz CT molecular complexity index is 557. The lowest BCUT2D eigenvalue weighted by Crippen LogP contribution is -2.09. The van der Waals surface area contributed by atoms with E-state index in [2.05, 4.69) is 0 Å². The van der Waals surface area contributed by atoms with Gasteiger partial charge in [0.1, 0.15) is 0 Å². The summed E-state index contributed by atoms with van der Waals surface area (Å²) in [5.41, 5.74) is 1.21. The molecule has 0 unspecified atom stereocenters. The van der Waals surface area contributed by atoms with E-state index in [4.69, 9.17) is 0 Å². The predicted molar refractivity (Wildman–Crippen MR) is 62.6 cm³/mol. The Balaban J connectivity index is 2.21. The number of aromatic nitrogens is 1. The molecule has 0 aliphatic heterocycles. The van der Waals surface area contributed by atoms with Crippen LogP contribution in [0, 0.1) is 0 Å². The van der Waals surface area contributed by atoms with Crippen LogP contribution in [0.3, 0.4) is 0 Å². The van der Waals surface area contributed by atoms with E-state index in [1.165, 1.54) is 0 Å². The zero-order valence-electron chi connectivity index (χ0n) is 9.57. The van der Waals surface area contributed by atoms with Gasteiger partial charge in [-0.05, 0) is 18.6 Å². The first-order chi connectivity index (χ1) is 8.51. The van der Waals surface area contributed by atoms with Crippen LogP contribution in [0.25, 0.3) is 10.9 Å². The van der Waals surface area contributed by atoms with Crippen LogP contribution in [0.5, 0.6) is 0 Å². The summed E-state index contributed by atoms with van der Waals surface area (Å²) in [6, 6.07) is 7.06. The van der Waals surface area contributed by atoms with Gasteiger partial charge in [-0.1, -0.05) is 12.1 Å². The molecule has 0 atom stereocenters. The molecule has 0 fully saturated rings. The Kier molecular flexibility index (Phi) is 3.41. The number of halogens is 3. The van der Waals surface area contributed by atoms with Crippen molar-refractivity contribution >= 4 is 17.2 Å². The van der Waals surface area contributed by atoms with Gasteiger partial charge in [-0.2, -0.15) is 13.2 Å². The van der Waals surface area contributed by atoms with Gasteiger partial charge in [0.05, 0.1) is 5.52 Å². The number of carbonyl (C=O) groups is 1. The molecular formula is C13H12F3NO. The van der Waals surface area contributed by atoms with Gasteiger partial charge in [0.2, 0.25) is 0 Å². The van der Waals surface area contributed by atoms with Crippen molar-refractivity contribution in [3.63, 3.8) is 0 Å². The SMILES string of the molecule is O=Cc1cccc2ccn(CCCC(F)(F)F)c12. The Labute approximate surface area is 102 Å². The fraction of sp³-hybridized carbons (Fsp3) is 0.308. The lowest BCUT2D eigenvalue weighted by atomic mass is 10.1. The van der Waals surface area contributed by atoms with Crippen LogP contribution in [-0.2, 0) is 6.54 Å². The van der Waals surface area contributed by atoms with Gasteiger partial charge < -0.3 is 4.57 Å². The quantitative estimate of drug-likeness (QED) is 0.762. The highest BCUT2D eigenvalue weighted by molar-refractivity contribution is 5.96. The van der Waals surface area contributed by atoms with Gasteiger partial charge in [0.15, 0.2) is 6.29 Å². The molecule has 0 bridgehead atoms. The predicted octanol–water partition coefficient (Wildman–Crippen LogP) is 3.80. The van der Waals surface area contributed by atoms with Crippen molar-refractivity contribution in [2.24, 2.45) is 0 Å². The lowest BCUT2D eigenvalue weighted by Gasteiger charge is -2.09. The van der Waals surface area contributed by atoms with E-state index in [1.807, 2.05) is 6.07 Å². The minimum atomic E-state index is -4.13. The third-order valence-corrected chi connectivity index (χ3v) is 2.81. The summed E-state index contributed by atoms with van der Waals surface area (Å²) in [7, 11) is 0. The first kappa shape index (κ1) is 12.7. The average Bonchev–Trinajstić information content (AvgIpc) is 2.71. The molecule has 1 heterocycles. The molecule has 0 saturated carbocycles. The smallest absolute Gasteiger partial charge is 0.347 e. The van der Waals surface area contributed by atoms with Crippen LogP contribution in [0.15, 0.2) is 30.5 Å². The zero-order valence-corrected chi connectivity index (χ0v) is 9.57. The Morgan fingerprint density at radius 2 is 2.00 bits per heavy atom. The minimum Gasteiger partial charge on any atom is -0.347 e. The van der Waals surface area contributed by atoms with Crippen molar-refractivity contribution < 1.29 is 18.0 Å². The summed E-state index contributed by atoms with van der Waals surface area (Å²) in [6.07, 6.45) is -2.48. The summed E-state index contributed by atoms with van der Waals surface area (Å²) in [5.74, 6) is 0. The summed E-state index contributed by atoms with van der Waals surface area (Å²) in [5, 5.41) is 0.867. The first-order valence-corrected chi connectivity index (χ1v) is 5.61. The monoisotopic (exact) mass is 255 g/mol. The van der Waals surface area contributed by atoms with Crippen LogP contribution in [0.1, 0.15) is 23.2 Å². The van der Waals surface area contributed by atoms with Crippen LogP contribution in [-0.4, -0.2) is 17.0 Å². The summed E-state index contributed by atoms with van der Waals surface area (Å²) < 4.78 is 37.9. The maximum atomic E-state index is 12.1. The molecule has 96 valence electrons. The fourth-order valence-corrected chi connectivity index (χ4v) is 2.02. The van der Waals surface area contributed by atoms with Gasteiger partial charge in [-0.3, -0.25) is 4.79 Å². The maximum Gasteiger partial charge on any atom is 0.389 e. The fourth-order valence-electron chi connectivity index (χ4n) is 2.02. The zero-order chi connectivity index (χ0) is 13.2. The number of benzene rings is 1. The number of carbonyl (C=O) groups excluding carboxylic acids is 1. The van der Waals surface area contributed by atoms with Crippen LogP contribution in [0.4, 0.5) is 13.2 Å². The highest BCUT2D eigenvalue weighted by Crippen LogP contribution is 2.24. The highest BCUT2D eigenvalue weighted by Gasteiger charge is 2.26. The van der Waals surface area contributed by atoms with Gasteiger partial charge >= 0.3 is 6.18 Å². The molecule has 2 nitrogen and oxygen atoms in total. The second kappa shape index (κ2) is 4.84. The molecule has 0 aliphatic carbocycles. The van der Waals surface area contributed by atoms with Gasteiger partial charge in [0, 0.05) is 30.1 Å². The number of alkyl halides is 3. The van der Waals surface area contributed by atoms with Crippen molar-refractivity contribution in [2.75, 3.05) is 0 Å². The highest BCUT2D eigenvalue weighted by atomic mass is 19.4. The molecular weight excluding hydrogens is 243 g/mol. The molecule has 18 heavy (non-hydrogen) atoms. The second-order valence-electron chi connectivity index (χ2n) is 4.13. The number of aldehydes is 1. The number of rotatable bonds is 4. The van der Waals surface area contributed by atoms with Crippen molar-refractivity contribution in [1.29, 1.82) is 0 Å². The van der Waals surface area contributed by atoms with Crippen molar-refractivity contribution in [2.45, 2.75) is 25.6 Å². The van der Waals surface area contributed by atoms with E-state index in [0.29, 0.717) is 11.1 Å². The number of nitrogens with zero attached hydrogens (tertiary/aromatic N) is 1. The first-order valence-electron chi connectivity index (χ1n) is 5.61. The third kappa shape index (κ3) is 2.72. The molecule has 0 spiro atoms. The van der Waals surface area contributed by atoms with Gasteiger partial charge in [-0.15, -0.1) is 0 Å². The van der Waals surface area contributed by atoms with Crippen molar-refractivity contribution in [3.05, 3.63) is 36.0 Å². The second-order valence-corrected chi connectivity index (χ2v) is 4.13. The maximum absolute atomic E-state index is 12.1. The van der Waals surface area contributed by atoms with Crippen molar-refractivity contribution in [1.82, 2.24) is 4.57 Å². The molecule has 0 saturated heterocycles. The molecule has 2 aromatic rings. The molecule has 1 aromatic heterocycles.